The van der Waals surface area contributed by atoms with Gasteiger partial charge in [-0.15, -0.1) is 0 Å². The topological polar surface area (TPSA) is 85.3 Å². The van der Waals surface area contributed by atoms with Crippen molar-refractivity contribution in [2.24, 2.45) is 0 Å². The molecule has 1 N–H and O–H groups in total. The third-order valence-electron chi connectivity index (χ3n) is 3.02. The zero-order chi connectivity index (χ0) is 14.3. The Balaban J connectivity index is 1.99. The molecule has 0 unspecified atom stereocenters. The van der Waals surface area contributed by atoms with Gasteiger partial charge in [-0.05, 0) is 26.8 Å². The molecule has 0 aliphatic rings. The maximum absolute atomic E-state index is 12.3. The van der Waals surface area contributed by atoms with Crippen LogP contribution in [0.15, 0.2) is 23.0 Å². The summed E-state index contributed by atoms with van der Waals surface area (Å²) in [4.78, 5) is 16.7. The normalized spacial score (nSPS) is 10.9. The molecule has 3 aromatic heterocycles. The molecular weight excluding hydrogens is 258 g/mol. The van der Waals surface area contributed by atoms with Gasteiger partial charge in [-0.25, -0.2) is 9.50 Å². The first-order valence-electron chi connectivity index (χ1n) is 6.11. The molecule has 0 spiro atoms. The molecule has 0 bridgehead atoms. The average Bonchev–Trinajstić information content (AvgIpc) is 2.96. The predicted molar refractivity (Wildman–Crippen MR) is 71.7 cm³/mol. The summed E-state index contributed by atoms with van der Waals surface area (Å²) in [5.74, 6) is 0.281. The average molecular weight is 271 g/mol. The first kappa shape index (κ1) is 12.3. The molecule has 0 saturated heterocycles. The van der Waals surface area contributed by atoms with Crippen LogP contribution in [-0.4, -0.2) is 25.7 Å². The van der Waals surface area contributed by atoms with Crippen molar-refractivity contribution in [2.45, 2.75) is 20.8 Å². The van der Waals surface area contributed by atoms with Crippen molar-refractivity contribution in [1.82, 2.24) is 19.8 Å². The predicted octanol–water partition coefficient (Wildman–Crippen LogP) is 1.89. The maximum atomic E-state index is 12.3. The molecule has 0 saturated carbocycles. The van der Waals surface area contributed by atoms with E-state index >= 15 is 0 Å². The fraction of sp³-hybridized carbons (Fsp3) is 0.231. The lowest BCUT2D eigenvalue weighted by Gasteiger charge is -2.02. The number of fused-ring (bicyclic) bond motifs is 1. The van der Waals surface area contributed by atoms with E-state index in [4.69, 9.17) is 4.52 Å². The van der Waals surface area contributed by atoms with Crippen LogP contribution in [0.5, 0.6) is 0 Å². The Hall–Kier alpha value is -2.70. The smallest absolute Gasteiger partial charge is 0.261 e. The number of rotatable bonds is 2. The first-order valence-corrected chi connectivity index (χ1v) is 6.11. The zero-order valence-electron chi connectivity index (χ0n) is 11.3. The van der Waals surface area contributed by atoms with E-state index in [-0.39, 0.29) is 5.91 Å². The van der Waals surface area contributed by atoms with Crippen molar-refractivity contribution >= 4 is 17.2 Å². The van der Waals surface area contributed by atoms with Gasteiger partial charge in [0.05, 0.1) is 6.20 Å². The van der Waals surface area contributed by atoms with Gasteiger partial charge in [0.2, 0.25) is 0 Å². The summed E-state index contributed by atoms with van der Waals surface area (Å²) in [7, 11) is 0. The molecule has 0 atom stereocenters. The molecule has 0 fully saturated rings. The first-order chi connectivity index (χ1) is 9.56. The third kappa shape index (κ3) is 1.93. The second-order valence-electron chi connectivity index (χ2n) is 4.55. The molecule has 3 aromatic rings. The number of nitrogens with one attached hydrogen (secondary N) is 1. The largest absolute Gasteiger partial charge is 0.359 e. The Morgan fingerprint density at radius 2 is 2.15 bits per heavy atom. The van der Waals surface area contributed by atoms with Crippen LogP contribution >= 0.6 is 0 Å². The van der Waals surface area contributed by atoms with Crippen molar-refractivity contribution in [3.63, 3.8) is 0 Å². The van der Waals surface area contributed by atoms with Crippen LogP contribution in [0.3, 0.4) is 0 Å². The van der Waals surface area contributed by atoms with Crippen LogP contribution in [0.25, 0.3) is 5.65 Å². The van der Waals surface area contributed by atoms with Crippen molar-refractivity contribution < 1.29 is 9.32 Å². The molecule has 3 rings (SSSR count). The number of aromatic nitrogens is 4. The number of carbonyl (C=O) groups is 1. The lowest BCUT2D eigenvalue weighted by molar-refractivity contribution is 0.102. The van der Waals surface area contributed by atoms with E-state index in [1.165, 1.54) is 6.20 Å². The van der Waals surface area contributed by atoms with Gasteiger partial charge in [0.1, 0.15) is 16.9 Å². The van der Waals surface area contributed by atoms with Crippen LogP contribution in [-0.2, 0) is 0 Å². The molecule has 1 amide bonds. The van der Waals surface area contributed by atoms with Gasteiger partial charge in [0.25, 0.3) is 5.91 Å². The van der Waals surface area contributed by atoms with Gasteiger partial charge in [0, 0.05) is 11.9 Å². The summed E-state index contributed by atoms with van der Waals surface area (Å²) >= 11 is 0. The number of hydrogen-bond acceptors (Lipinski definition) is 5. The molecular formula is C13H13N5O2. The Bertz CT molecular complexity index is 783. The summed E-state index contributed by atoms with van der Waals surface area (Å²) in [6.07, 6.45) is 3.26. The minimum Gasteiger partial charge on any atom is -0.359 e. The summed E-state index contributed by atoms with van der Waals surface area (Å²) in [6.45, 7) is 5.38. The van der Waals surface area contributed by atoms with Crippen molar-refractivity contribution in [2.75, 3.05) is 5.32 Å². The van der Waals surface area contributed by atoms with Gasteiger partial charge in [-0.2, -0.15) is 5.10 Å². The number of carbonyl (C=O) groups excluding carboxylic acids is 1. The quantitative estimate of drug-likeness (QED) is 0.769. The Kier molecular flexibility index (Phi) is 2.74. The van der Waals surface area contributed by atoms with E-state index in [0.29, 0.717) is 28.4 Å². The zero-order valence-corrected chi connectivity index (χ0v) is 11.3. The van der Waals surface area contributed by atoms with Crippen molar-refractivity contribution in [3.05, 3.63) is 41.2 Å². The highest BCUT2D eigenvalue weighted by atomic mass is 16.5. The molecule has 7 heteroatoms. The summed E-state index contributed by atoms with van der Waals surface area (Å²) in [5, 5.41) is 10.7. The van der Waals surface area contributed by atoms with Gasteiger partial charge in [-0.1, -0.05) is 5.16 Å². The lowest BCUT2D eigenvalue weighted by atomic mass is 10.2. The minimum atomic E-state index is -0.285. The standard InChI is InChI=1S/C13H13N5O2/c1-7-4-5-18-12(15-7)10(6-14-18)13(19)16-11-8(2)17-20-9(11)3/h4-6H,1-3H3,(H,16,19). The van der Waals surface area contributed by atoms with Crippen LogP contribution < -0.4 is 5.32 Å². The van der Waals surface area contributed by atoms with E-state index < -0.39 is 0 Å². The second-order valence-corrected chi connectivity index (χ2v) is 4.55. The van der Waals surface area contributed by atoms with Gasteiger partial charge < -0.3 is 9.84 Å². The SMILES string of the molecule is Cc1ccn2ncc(C(=O)Nc3c(C)noc3C)c2n1. The number of hydrogen-bond donors (Lipinski definition) is 1. The number of nitrogens with zero attached hydrogens (tertiary/aromatic N) is 4. The van der Waals surface area contributed by atoms with Crippen molar-refractivity contribution in [3.8, 4) is 0 Å². The lowest BCUT2D eigenvalue weighted by Crippen LogP contribution is -2.13. The third-order valence-corrected chi connectivity index (χ3v) is 3.02. The van der Waals surface area contributed by atoms with Crippen LogP contribution in [0.2, 0.25) is 0 Å². The molecule has 0 aromatic carbocycles. The fourth-order valence-electron chi connectivity index (χ4n) is 1.96. The van der Waals surface area contributed by atoms with E-state index in [9.17, 15) is 4.79 Å². The Morgan fingerprint density at radius 1 is 1.35 bits per heavy atom. The molecule has 0 aliphatic heterocycles. The Morgan fingerprint density at radius 3 is 2.85 bits per heavy atom. The van der Waals surface area contributed by atoms with Crippen molar-refractivity contribution in [1.29, 1.82) is 0 Å². The van der Waals surface area contributed by atoms with Gasteiger partial charge in [-0.3, -0.25) is 4.79 Å². The van der Waals surface area contributed by atoms with Gasteiger partial charge in [0.15, 0.2) is 11.4 Å². The number of amides is 1. The highest BCUT2D eigenvalue weighted by Crippen LogP contribution is 2.20. The summed E-state index contributed by atoms with van der Waals surface area (Å²) in [6, 6.07) is 1.83. The maximum Gasteiger partial charge on any atom is 0.261 e. The van der Waals surface area contributed by atoms with Crippen LogP contribution in [0, 0.1) is 20.8 Å². The van der Waals surface area contributed by atoms with E-state index in [1.807, 2.05) is 13.0 Å². The fourth-order valence-corrected chi connectivity index (χ4v) is 1.96. The Labute approximate surface area is 114 Å². The van der Waals surface area contributed by atoms with E-state index in [0.717, 1.165) is 5.69 Å². The molecule has 7 nitrogen and oxygen atoms in total. The highest BCUT2D eigenvalue weighted by molar-refractivity contribution is 6.08. The minimum absolute atomic E-state index is 0.285. The van der Waals surface area contributed by atoms with E-state index in [2.05, 4.69) is 20.6 Å². The summed E-state index contributed by atoms with van der Waals surface area (Å²) < 4.78 is 6.58. The molecule has 20 heavy (non-hydrogen) atoms. The molecule has 0 aliphatic carbocycles. The highest BCUT2D eigenvalue weighted by Gasteiger charge is 2.18. The monoisotopic (exact) mass is 271 g/mol. The second kappa shape index (κ2) is 4.44. The molecule has 3 heterocycles. The number of anilines is 1. The summed E-state index contributed by atoms with van der Waals surface area (Å²) in [5.41, 5.74) is 2.98. The van der Waals surface area contributed by atoms with Crippen LogP contribution in [0.4, 0.5) is 5.69 Å². The number of aryl methyl sites for hydroxylation is 3. The molecule has 0 radical (unpaired) electrons. The molecule has 102 valence electrons. The van der Waals surface area contributed by atoms with Gasteiger partial charge >= 0.3 is 0 Å². The van der Waals surface area contributed by atoms with E-state index in [1.54, 1.807) is 24.6 Å². The van der Waals surface area contributed by atoms with Crippen LogP contribution in [0.1, 0.15) is 27.5 Å².